The molecule has 2 rings (SSSR count). The molecule has 2 heteroatoms. The molecular formula is C11H9BrS. The monoisotopic (exact) mass is 252 g/mol. The minimum Gasteiger partial charge on any atom is -0.175 e. The topological polar surface area (TPSA) is 0 Å². The van der Waals surface area contributed by atoms with Gasteiger partial charge in [-0.05, 0) is 32.3 Å². The first-order valence-corrected chi connectivity index (χ1v) is 5.52. The second-order valence-corrected chi connectivity index (χ2v) is 4.03. The van der Waals surface area contributed by atoms with Crippen molar-refractivity contribution in [2.75, 3.05) is 0 Å². The zero-order chi connectivity index (χ0) is 9.26. The molecular weight excluding hydrogens is 244 g/mol. The van der Waals surface area contributed by atoms with Crippen molar-refractivity contribution < 1.29 is 0 Å². The summed E-state index contributed by atoms with van der Waals surface area (Å²) in [6.07, 6.45) is 0. The lowest BCUT2D eigenvalue weighted by atomic mass is 10.1. The SMILES string of the molecule is SCc1ccc2ccccc2c1Br. The number of thiol groups is 1. The van der Waals surface area contributed by atoms with E-state index in [4.69, 9.17) is 0 Å². The van der Waals surface area contributed by atoms with Crippen molar-refractivity contribution in [3.05, 3.63) is 46.4 Å². The van der Waals surface area contributed by atoms with Crippen LogP contribution in [0, 0.1) is 0 Å². The minimum absolute atomic E-state index is 0.769. The van der Waals surface area contributed by atoms with Crippen molar-refractivity contribution in [3.63, 3.8) is 0 Å². The molecule has 0 unspecified atom stereocenters. The van der Waals surface area contributed by atoms with Gasteiger partial charge in [-0.1, -0.05) is 36.4 Å². The molecule has 0 fully saturated rings. The molecule has 0 N–H and O–H groups in total. The lowest BCUT2D eigenvalue weighted by molar-refractivity contribution is 1.42. The van der Waals surface area contributed by atoms with Crippen molar-refractivity contribution in [3.8, 4) is 0 Å². The van der Waals surface area contributed by atoms with Gasteiger partial charge in [-0.2, -0.15) is 12.6 Å². The van der Waals surface area contributed by atoms with Crippen LogP contribution >= 0.6 is 28.6 Å². The van der Waals surface area contributed by atoms with Crippen LogP contribution in [0.1, 0.15) is 5.56 Å². The fourth-order valence-electron chi connectivity index (χ4n) is 1.40. The number of rotatable bonds is 1. The molecule has 0 saturated heterocycles. The minimum atomic E-state index is 0.769. The zero-order valence-corrected chi connectivity index (χ0v) is 9.48. The van der Waals surface area contributed by atoms with E-state index in [-0.39, 0.29) is 0 Å². The van der Waals surface area contributed by atoms with Gasteiger partial charge >= 0.3 is 0 Å². The fraction of sp³-hybridized carbons (Fsp3) is 0.0909. The maximum absolute atomic E-state index is 4.28. The van der Waals surface area contributed by atoms with E-state index >= 15 is 0 Å². The van der Waals surface area contributed by atoms with Crippen molar-refractivity contribution >= 4 is 39.3 Å². The first-order valence-electron chi connectivity index (χ1n) is 4.10. The van der Waals surface area contributed by atoms with Gasteiger partial charge in [0.15, 0.2) is 0 Å². The molecule has 0 amide bonds. The molecule has 13 heavy (non-hydrogen) atoms. The van der Waals surface area contributed by atoms with Gasteiger partial charge in [-0.15, -0.1) is 0 Å². The summed E-state index contributed by atoms with van der Waals surface area (Å²) in [6.45, 7) is 0. The molecule has 0 aromatic heterocycles. The number of halogens is 1. The van der Waals surface area contributed by atoms with E-state index in [1.165, 1.54) is 20.8 Å². The largest absolute Gasteiger partial charge is 0.175 e. The Balaban J connectivity index is 2.79. The van der Waals surface area contributed by atoms with Gasteiger partial charge in [-0.25, -0.2) is 0 Å². The quantitative estimate of drug-likeness (QED) is 0.729. The highest BCUT2D eigenvalue weighted by Crippen LogP contribution is 2.28. The van der Waals surface area contributed by atoms with E-state index in [1.807, 2.05) is 0 Å². The van der Waals surface area contributed by atoms with E-state index in [2.05, 4.69) is 65.0 Å². The van der Waals surface area contributed by atoms with Crippen LogP contribution in [0.25, 0.3) is 10.8 Å². The van der Waals surface area contributed by atoms with Crippen molar-refractivity contribution in [2.24, 2.45) is 0 Å². The lowest BCUT2D eigenvalue weighted by Crippen LogP contribution is -1.82. The molecule has 66 valence electrons. The Bertz CT molecular complexity index is 437. The highest BCUT2D eigenvalue weighted by atomic mass is 79.9. The standard InChI is InChI=1S/C11H9BrS/c12-11-9(7-13)6-5-8-3-1-2-4-10(8)11/h1-6,13H,7H2. The molecule has 0 bridgehead atoms. The second-order valence-electron chi connectivity index (χ2n) is 2.92. The number of hydrogen-bond donors (Lipinski definition) is 1. The lowest BCUT2D eigenvalue weighted by Gasteiger charge is -2.04. The van der Waals surface area contributed by atoms with Crippen molar-refractivity contribution in [2.45, 2.75) is 5.75 Å². The predicted molar refractivity (Wildman–Crippen MR) is 64.3 cm³/mol. The third-order valence-electron chi connectivity index (χ3n) is 2.11. The first kappa shape index (κ1) is 9.10. The van der Waals surface area contributed by atoms with Crippen LogP contribution in [0.3, 0.4) is 0 Å². The van der Waals surface area contributed by atoms with Crippen LogP contribution < -0.4 is 0 Å². The van der Waals surface area contributed by atoms with E-state index in [1.54, 1.807) is 0 Å². The van der Waals surface area contributed by atoms with Gasteiger partial charge in [0.1, 0.15) is 0 Å². The van der Waals surface area contributed by atoms with Crippen LogP contribution in [-0.4, -0.2) is 0 Å². The van der Waals surface area contributed by atoms with Crippen molar-refractivity contribution in [1.82, 2.24) is 0 Å². The molecule has 0 spiro atoms. The Morgan fingerprint density at radius 2 is 1.85 bits per heavy atom. The van der Waals surface area contributed by atoms with E-state index in [0.717, 1.165) is 5.75 Å². The summed E-state index contributed by atoms with van der Waals surface area (Å²) in [7, 11) is 0. The second kappa shape index (κ2) is 3.72. The summed E-state index contributed by atoms with van der Waals surface area (Å²) < 4.78 is 1.17. The normalized spacial score (nSPS) is 10.6. The summed E-state index contributed by atoms with van der Waals surface area (Å²) in [6, 6.07) is 12.6. The molecule has 0 radical (unpaired) electrons. The van der Waals surface area contributed by atoms with Gasteiger partial charge in [-0.3, -0.25) is 0 Å². The van der Waals surface area contributed by atoms with Crippen LogP contribution in [-0.2, 0) is 5.75 Å². The summed E-state index contributed by atoms with van der Waals surface area (Å²) in [5.41, 5.74) is 1.24. The molecule has 0 aliphatic carbocycles. The molecule has 0 aliphatic heterocycles. The van der Waals surface area contributed by atoms with Gasteiger partial charge in [0.25, 0.3) is 0 Å². The van der Waals surface area contributed by atoms with Crippen molar-refractivity contribution in [1.29, 1.82) is 0 Å². The van der Waals surface area contributed by atoms with Crippen LogP contribution in [0.4, 0.5) is 0 Å². The molecule has 0 aliphatic rings. The maximum atomic E-state index is 4.28. The average molecular weight is 253 g/mol. The Hall–Kier alpha value is -0.470. The zero-order valence-electron chi connectivity index (χ0n) is 7.00. The maximum Gasteiger partial charge on any atom is 0.0294 e. The van der Waals surface area contributed by atoms with E-state index in [9.17, 15) is 0 Å². The van der Waals surface area contributed by atoms with E-state index in [0.29, 0.717) is 0 Å². The van der Waals surface area contributed by atoms with Gasteiger partial charge in [0, 0.05) is 10.2 Å². The van der Waals surface area contributed by atoms with Gasteiger partial charge < -0.3 is 0 Å². The Kier molecular flexibility index (Phi) is 2.61. The Morgan fingerprint density at radius 1 is 1.08 bits per heavy atom. The number of hydrogen-bond acceptors (Lipinski definition) is 1. The third kappa shape index (κ3) is 1.61. The molecule has 0 nitrogen and oxygen atoms in total. The number of fused-ring (bicyclic) bond motifs is 1. The highest BCUT2D eigenvalue weighted by Gasteiger charge is 2.01. The molecule has 0 saturated carbocycles. The summed E-state index contributed by atoms with van der Waals surface area (Å²) in [5, 5.41) is 2.52. The average Bonchev–Trinajstić information content (AvgIpc) is 2.19. The smallest absolute Gasteiger partial charge is 0.0294 e. The summed E-state index contributed by atoms with van der Waals surface area (Å²) in [5.74, 6) is 0.769. The predicted octanol–water partition coefficient (Wildman–Crippen LogP) is 4.03. The molecule has 0 heterocycles. The summed E-state index contributed by atoms with van der Waals surface area (Å²) >= 11 is 7.87. The fourth-order valence-corrected chi connectivity index (χ4v) is 2.51. The van der Waals surface area contributed by atoms with Gasteiger partial charge in [0.2, 0.25) is 0 Å². The number of benzene rings is 2. The highest BCUT2D eigenvalue weighted by molar-refractivity contribution is 9.10. The Labute approximate surface area is 91.5 Å². The van der Waals surface area contributed by atoms with E-state index < -0.39 is 0 Å². The molecule has 2 aromatic rings. The molecule has 2 aromatic carbocycles. The van der Waals surface area contributed by atoms with Gasteiger partial charge in [0.05, 0.1) is 0 Å². The van der Waals surface area contributed by atoms with Crippen LogP contribution in [0.2, 0.25) is 0 Å². The summed E-state index contributed by atoms with van der Waals surface area (Å²) in [4.78, 5) is 0. The van der Waals surface area contributed by atoms with Crippen LogP contribution in [0.15, 0.2) is 40.9 Å². The van der Waals surface area contributed by atoms with Crippen LogP contribution in [0.5, 0.6) is 0 Å². The molecule has 0 atom stereocenters. The third-order valence-corrected chi connectivity index (χ3v) is 3.39. The Morgan fingerprint density at radius 3 is 2.62 bits per heavy atom. The first-order chi connectivity index (χ1) is 6.33.